The first-order valence-electron chi connectivity index (χ1n) is 6.37. The molecule has 0 atom stereocenters. The lowest BCUT2D eigenvalue weighted by Crippen LogP contribution is -2.13. The van der Waals surface area contributed by atoms with Crippen molar-refractivity contribution in [1.29, 1.82) is 5.26 Å². The maximum atomic E-state index is 12.0. The summed E-state index contributed by atoms with van der Waals surface area (Å²) < 4.78 is 0. The van der Waals surface area contributed by atoms with Crippen molar-refractivity contribution in [3.05, 3.63) is 33.0 Å². The lowest BCUT2D eigenvalue weighted by Gasteiger charge is -1.99. The van der Waals surface area contributed by atoms with Crippen LogP contribution in [0.15, 0.2) is 23.1 Å². The molecule has 0 aliphatic heterocycles. The first-order valence-corrected chi connectivity index (χ1v) is 8.07. The highest BCUT2D eigenvalue weighted by Crippen LogP contribution is 2.19. The van der Waals surface area contributed by atoms with Crippen molar-refractivity contribution in [2.24, 2.45) is 5.92 Å². The number of nitrogens with zero attached hydrogens (tertiary/aromatic N) is 3. The maximum Gasteiger partial charge on any atom is 0.268 e. The monoisotopic (exact) mass is 318 g/mol. The fourth-order valence-electron chi connectivity index (χ4n) is 1.56. The van der Waals surface area contributed by atoms with Crippen LogP contribution in [0.4, 0.5) is 5.13 Å². The molecule has 0 unspecified atom stereocenters. The van der Waals surface area contributed by atoms with Gasteiger partial charge in [-0.1, -0.05) is 31.3 Å². The van der Waals surface area contributed by atoms with Crippen LogP contribution in [0.2, 0.25) is 0 Å². The molecule has 2 rings (SSSR count). The lowest BCUT2D eigenvalue weighted by molar-refractivity contribution is -0.112. The zero-order chi connectivity index (χ0) is 15.2. The molecule has 0 saturated carbocycles. The van der Waals surface area contributed by atoms with Gasteiger partial charge in [-0.15, -0.1) is 21.5 Å². The highest BCUT2D eigenvalue weighted by Gasteiger charge is 2.13. The van der Waals surface area contributed by atoms with Gasteiger partial charge in [0.1, 0.15) is 16.6 Å². The summed E-state index contributed by atoms with van der Waals surface area (Å²) in [5.74, 6) is 0.0213. The number of nitrogens with one attached hydrogen (secondary N) is 1. The molecule has 0 aliphatic carbocycles. The third kappa shape index (κ3) is 4.48. The predicted octanol–water partition coefficient (Wildman–Crippen LogP) is 3.34. The van der Waals surface area contributed by atoms with Gasteiger partial charge in [0.15, 0.2) is 0 Å². The number of thiophene rings is 1. The van der Waals surface area contributed by atoms with E-state index >= 15 is 0 Å². The second-order valence-corrected chi connectivity index (χ2v) is 6.78. The zero-order valence-electron chi connectivity index (χ0n) is 11.7. The van der Waals surface area contributed by atoms with Gasteiger partial charge in [0.25, 0.3) is 5.91 Å². The lowest BCUT2D eigenvalue weighted by atomic mass is 10.1. The smallest absolute Gasteiger partial charge is 0.268 e. The summed E-state index contributed by atoms with van der Waals surface area (Å²) in [6.45, 7) is 4.19. The molecule has 5 nitrogen and oxygen atoms in total. The Morgan fingerprint density at radius 2 is 2.33 bits per heavy atom. The van der Waals surface area contributed by atoms with Crippen molar-refractivity contribution in [2.75, 3.05) is 5.32 Å². The average Bonchev–Trinajstić information content (AvgIpc) is 3.07. The van der Waals surface area contributed by atoms with Crippen molar-refractivity contribution in [2.45, 2.75) is 20.3 Å². The van der Waals surface area contributed by atoms with Crippen LogP contribution >= 0.6 is 22.7 Å². The van der Waals surface area contributed by atoms with Crippen LogP contribution < -0.4 is 5.32 Å². The number of hydrogen-bond acceptors (Lipinski definition) is 6. The second-order valence-electron chi connectivity index (χ2n) is 4.74. The third-order valence-electron chi connectivity index (χ3n) is 2.47. The molecule has 0 fully saturated rings. The second kappa shape index (κ2) is 7.11. The van der Waals surface area contributed by atoms with E-state index in [1.807, 2.05) is 23.6 Å². The number of nitriles is 1. The Hall–Kier alpha value is -2.04. The van der Waals surface area contributed by atoms with E-state index in [2.05, 4.69) is 29.4 Å². The molecule has 0 aliphatic rings. The first-order chi connectivity index (χ1) is 10.1. The van der Waals surface area contributed by atoms with E-state index in [0.29, 0.717) is 11.0 Å². The Bertz CT molecular complexity index is 680. The van der Waals surface area contributed by atoms with Crippen LogP contribution in [0.3, 0.4) is 0 Å². The van der Waals surface area contributed by atoms with E-state index in [4.69, 9.17) is 5.26 Å². The summed E-state index contributed by atoms with van der Waals surface area (Å²) in [7, 11) is 0. The molecule has 2 aromatic rings. The molecule has 0 spiro atoms. The Kier molecular flexibility index (Phi) is 5.20. The van der Waals surface area contributed by atoms with Gasteiger partial charge in [-0.2, -0.15) is 5.26 Å². The van der Waals surface area contributed by atoms with E-state index in [1.165, 1.54) is 22.7 Å². The fraction of sp³-hybridized carbons (Fsp3) is 0.286. The van der Waals surface area contributed by atoms with Crippen LogP contribution in [0.5, 0.6) is 0 Å². The maximum absolute atomic E-state index is 12.0. The number of anilines is 1. The first kappa shape index (κ1) is 15.4. The minimum Gasteiger partial charge on any atom is -0.296 e. The topological polar surface area (TPSA) is 78.7 Å². The quantitative estimate of drug-likeness (QED) is 0.677. The molecular formula is C14H14N4OS2. The van der Waals surface area contributed by atoms with Crippen molar-refractivity contribution in [3.63, 3.8) is 0 Å². The van der Waals surface area contributed by atoms with Crippen LogP contribution in [0, 0.1) is 17.2 Å². The van der Waals surface area contributed by atoms with E-state index in [-0.39, 0.29) is 5.57 Å². The van der Waals surface area contributed by atoms with Gasteiger partial charge in [-0.05, 0) is 23.4 Å². The van der Waals surface area contributed by atoms with E-state index in [9.17, 15) is 4.79 Å². The number of aromatic nitrogens is 2. The molecule has 0 radical (unpaired) electrons. The van der Waals surface area contributed by atoms with Crippen LogP contribution in [-0.4, -0.2) is 16.1 Å². The molecule has 21 heavy (non-hydrogen) atoms. The molecule has 2 heterocycles. The molecule has 108 valence electrons. The molecular weight excluding hydrogens is 304 g/mol. The van der Waals surface area contributed by atoms with E-state index in [0.717, 1.165) is 16.3 Å². The summed E-state index contributed by atoms with van der Waals surface area (Å²) >= 11 is 2.81. The van der Waals surface area contributed by atoms with E-state index in [1.54, 1.807) is 6.08 Å². The highest BCUT2D eigenvalue weighted by atomic mass is 32.1. The van der Waals surface area contributed by atoms with Crippen molar-refractivity contribution >= 4 is 39.8 Å². The number of hydrogen-bond donors (Lipinski definition) is 1. The Labute approximate surface area is 131 Å². The zero-order valence-corrected chi connectivity index (χ0v) is 13.3. The van der Waals surface area contributed by atoms with Gasteiger partial charge >= 0.3 is 0 Å². The minimum atomic E-state index is -0.460. The average molecular weight is 318 g/mol. The molecule has 0 aromatic carbocycles. The number of carbonyl (C=O) groups is 1. The Balaban J connectivity index is 2.06. The minimum absolute atomic E-state index is 0.0538. The number of amides is 1. The van der Waals surface area contributed by atoms with Gasteiger partial charge in [-0.3, -0.25) is 10.1 Å². The highest BCUT2D eigenvalue weighted by molar-refractivity contribution is 7.15. The van der Waals surface area contributed by atoms with Gasteiger partial charge < -0.3 is 0 Å². The fourth-order valence-corrected chi connectivity index (χ4v) is 3.17. The standard InChI is InChI=1S/C14H14N4OS2/c1-9(2)6-12-17-18-14(21-12)16-13(19)10(8-15)7-11-4-3-5-20-11/h3-5,7,9H,6H2,1-2H3,(H,16,18,19)/b10-7-. The molecule has 1 amide bonds. The van der Waals surface area contributed by atoms with Gasteiger partial charge in [0, 0.05) is 11.3 Å². The summed E-state index contributed by atoms with van der Waals surface area (Å²) in [5, 5.41) is 22.8. The van der Waals surface area contributed by atoms with Crippen LogP contribution in [0.25, 0.3) is 6.08 Å². The normalized spacial score (nSPS) is 11.4. The summed E-state index contributed by atoms with van der Waals surface area (Å²) in [6, 6.07) is 5.63. The third-order valence-corrected chi connectivity index (χ3v) is 4.15. The van der Waals surface area contributed by atoms with Gasteiger partial charge in [-0.25, -0.2) is 0 Å². The van der Waals surface area contributed by atoms with E-state index < -0.39 is 5.91 Å². The summed E-state index contributed by atoms with van der Waals surface area (Å²) in [6.07, 6.45) is 2.39. The molecule has 2 aromatic heterocycles. The van der Waals surface area contributed by atoms with Crippen LogP contribution in [-0.2, 0) is 11.2 Å². The Morgan fingerprint density at radius 3 is 2.95 bits per heavy atom. The van der Waals surface area contributed by atoms with Crippen molar-refractivity contribution in [1.82, 2.24) is 10.2 Å². The summed E-state index contributed by atoms with van der Waals surface area (Å²) in [4.78, 5) is 12.9. The van der Waals surface area contributed by atoms with Crippen molar-refractivity contribution < 1.29 is 4.79 Å². The largest absolute Gasteiger partial charge is 0.296 e. The van der Waals surface area contributed by atoms with Crippen LogP contribution in [0.1, 0.15) is 23.7 Å². The van der Waals surface area contributed by atoms with Gasteiger partial charge in [0.05, 0.1) is 0 Å². The Morgan fingerprint density at radius 1 is 1.52 bits per heavy atom. The van der Waals surface area contributed by atoms with Gasteiger partial charge in [0.2, 0.25) is 5.13 Å². The molecule has 1 N–H and O–H groups in total. The molecule has 7 heteroatoms. The number of rotatable bonds is 5. The van der Waals surface area contributed by atoms with Crippen molar-refractivity contribution in [3.8, 4) is 6.07 Å². The molecule has 0 saturated heterocycles. The summed E-state index contributed by atoms with van der Waals surface area (Å²) in [5.41, 5.74) is 0.0538. The SMILES string of the molecule is CC(C)Cc1nnc(NC(=O)/C(C#N)=C\c2cccs2)s1. The predicted molar refractivity (Wildman–Crippen MR) is 85.0 cm³/mol. The number of carbonyl (C=O) groups excluding carboxylic acids is 1. The molecule has 0 bridgehead atoms.